The average Bonchev–Trinajstić information content (AvgIpc) is 2.47. The van der Waals surface area contributed by atoms with Gasteiger partial charge in [-0.3, -0.25) is 4.79 Å². The molecule has 0 saturated heterocycles. The van der Waals surface area contributed by atoms with E-state index in [1.165, 1.54) is 0 Å². The van der Waals surface area contributed by atoms with Crippen LogP contribution in [0.2, 0.25) is 0 Å². The van der Waals surface area contributed by atoms with Crippen molar-refractivity contribution < 1.29 is 35.9 Å². The van der Waals surface area contributed by atoms with Gasteiger partial charge in [-0.25, -0.2) is 0 Å². The maximum absolute atomic E-state index is 12.8. The third kappa shape index (κ3) is 7.58. The second kappa shape index (κ2) is 8.63. The summed E-state index contributed by atoms with van der Waals surface area (Å²) in [5.41, 5.74) is -3.54. The van der Waals surface area contributed by atoms with Gasteiger partial charge in [0.15, 0.2) is 3.79 Å². The molecular formula is C14H10Cl4F6O2. The van der Waals surface area contributed by atoms with Crippen LogP contribution in [-0.4, -0.2) is 15.6 Å². The van der Waals surface area contributed by atoms with Crippen LogP contribution in [0.4, 0.5) is 26.3 Å². The van der Waals surface area contributed by atoms with Crippen molar-refractivity contribution in [2.24, 2.45) is 5.92 Å². The van der Waals surface area contributed by atoms with E-state index in [0.717, 1.165) is 0 Å². The molecule has 1 unspecified atom stereocenters. The van der Waals surface area contributed by atoms with Gasteiger partial charge in [0, 0.05) is 12.3 Å². The molecule has 1 atom stereocenters. The van der Waals surface area contributed by atoms with Crippen LogP contribution in [-0.2, 0) is 28.5 Å². The van der Waals surface area contributed by atoms with Crippen LogP contribution in [0, 0.1) is 5.92 Å². The smallest absolute Gasteiger partial charge is 0.416 e. The van der Waals surface area contributed by atoms with E-state index in [1.54, 1.807) is 0 Å². The summed E-state index contributed by atoms with van der Waals surface area (Å²) in [7, 11) is 0. The zero-order valence-corrected chi connectivity index (χ0v) is 15.6. The first-order valence-corrected chi connectivity index (χ1v) is 8.38. The van der Waals surface area contributed by atoms with Gasteiger partial charge in [-0.1, -0.05) is 34.8 Å². The van der Waals surface area contributed by atoms with Crippen LogP contribution in [0.15, 0.2) is 18.2 Å². The number of esters is 1. The molecule has 0 amide bonds. The van der Waals surface area contributed by atoms with E-state index < -0.39 is 51.3 Å². The van der Waals surface area contributed by atoms with Crippen LogP contribution in [0.25, 0.3) is 0 Å². The van der Waals surface area contributed by atoms with Crippen molar-refractivity contribution in [3.05, 3.63) is 34.9 Å². The summed E-state index contributed by atoms with van der Waals surface area (Å²) in [6.45, 7) is -0.834. The Morgan fingerprint density at radius 1 is 0.962 bits per heavy atom. The number of hydrogen-bond donors (Lipinski definition) is 0. The lowest BCUT2D eigenvalue weighted by molar-refractivity contribution is -0.149. The first-order valence-electron chi connectivity index (χ1n) is 6.71. The highest BCUT2D eigenvalue weighted by Crippen LogP contribution is 2.37. The number of benzene rings is 1. The zero-order valence-electron chi connectivity index (χ0n) is 12.5. The number of rotatable bonds is 5. The SMILES string of the molecule is O=C(OCc1cc(C(F)(F)F)cc(C(F)(F)F)c1)C(CCl)CC(Cl)(Cl)Cl. The second-order valence-corrected chi connectivity index (χ2v) is 8.02. The monoisotopic (exact) mass is 464 g/mol. The Bertz CT molecular complexity index is 608. The summed E-state index contributed by atoms with van der Waals surface area (Å²) >= 11 is 22.1. The minimum Gasteiger partial charge on any atom is -0.461 e. The highest BCUT2D eigenvalue weighted by molar-refractivity contribution is 6.67. The number of ether oxygens (including phenoxy) is 1. The molecule has 0 heterocycles. The molecule has 1 aromatic rings. The van der Waals surface area contributed by atoms with Crippen LogP contribution < -0.4 is 0 Å². The molecule has 0 aliphatic heterocycles. The number of carbonyl (C=O) groups is 1. The fourth-order valence-corrected chi connectivity index (χ4v) is 2.65. The van der Waals surface area contributed by atoms with Crippen molar-refractivity contribution in [2.45, 2.75) is 29.2 Å². The van der Waals surface area contributed by atoms with Crippen molar-refractivity contribution in [1.29, 1.82) is 0 Å². The van der Waals surface area contributed by atoms with Gasteiger partial charge in [-0.15, -0.1) is 11.6 Å². The Morgan fingerprint density at radius 2 is 1.42 bits per heavy atom. The molecule has 0 spiro atoms. The number of halogens is 10. The highest BCUT2D eigenvalue weighted by atomic mass is 35.6. The number of carbonyl (C=O) groups excluding carboxylic acids is 1. The summed E-state index contributed by atoms with van der Waals surface area (Å²) in [5.74, 6) is -2.43. The van der Waals surface area contributed by atoms with Gasteiger partial charge in [0.25, 0.3) is 0 Å². The van der Waals surface area contributed by atoms with E-state index in [4.69, 9.17) is 51.1 Å². The Balaban J connectivity index is 3.00. The predicted octanol–water partition coefficient (Wildman–Crippen LogP) is 6.38. The Labute approximate surface area is 164 Å². The molecule has 1 rings (SSSR count). The van der Waals surface area contributed by atoms with Gasteiger partial charge < -0.3 is 4.74 Å². The molecule has 0 N–H and O–H groups in total. The summed E-state index contributed by atoms with van der Waals surface area (Å²) in [6.07, 6.45) is -10.3. The summed E-state index contributed by atoms with van der Waals surface area (Å²) in [5, 5.41) is 0. The number of hydrogen-bond acceptors (Lipinski definition) is 2. The number of alkyl halides is 10. The van der Waals surface area contributed by atoms with Gasteiger partial charge in [0.05, 0.1) is 17.0 Å². The van der Waals surface area contributed by atoms with Crippen LogP contribution in [0.5, 0.6) is 0 Å². The van der Waals surface area contributed by atoms with Gasteiger partial charge in [0.1, 0.15) is 6.61 Å². The standard InChI is InChI=1S/C14H10Cl4F6O2/c15-5-8(4-12(16,17)18)11(25)26-6-7-1-9(13(19,20)21)3-10(2-7)14(22,23)24/h1-3,8H,4-6H2. The minimum absolute atomic E-state index is 0.0320. The Kier molecular flexibility index (Phi) is 7.79. The van der Waals surface area contributed by atoms with Crippen molar-refractivity contribution in [2.75, 3.05) is 5.88 Å². The van der Waals surface area contributed by atoms with Crippen LogP contribution in [0.3, 0.4) is 0 Å². The van der Waals surface area contributed by atoms with E-state index in [1.807, 2.05) is 0 Å². The molecule has 0 fully saturated rings. The van der Waals surface area contributed by atoms with Gasteiger partial charge in [0.2, 0.25) is 0 Å². The van der Waals surface area contributed by atoms with E-state index in [2.05, 4.69) is 0 Å². The molecule has 0 bridgehead atoms. The normalized spacial score (nSPS) is 14.2. The first-order chi connectivity index (χ1) is 11.6. The lowest BCUT2D eigenvalue weighted by Gasteiger charge is -2.18. The molecule has 2 nitrogen and oxygen atoms in total. The second-order valence-electron chi connectivity index (χ2n) is 5.19. The molecule has 0 aliphatic carbocycles. The van der Waals surface area contributed by atoms with Crippen molar-refractivity contribution in [1.82, 2.24) is 0 Å². The molecule has 1 aromatic carbocycles. The highest BCUT2D eigenvalue weighted by Gasteiger charge is 2.37. The molecular weight excluding hydrogens is 456 g/mol. The maximum atomic E-state index is 12.8. The van der Waals surface area contributed by atoms with E-state index in [-0.39, 0.29) is 18.4 Å². The molecule has 0 aromatic heterocycles. The largest absolute Gasteiger partial charge is 0.461 e. The fraction of sp³-hybridized carbons (Fsp3) is 0.500. The van der Waals surface area contributed by atoms with Crippen LogP contribution in [0.1, 0.15) is 23.1 Å². The Morgan fingerprint density at radius 3 is 1.77 bits per heavy atom. The van der Waals surface area contributed by atoms with Crippen molar-refractivity contribution >= 4 is 52.4 Å². The van der Waals surface area contributed by atoms with E-state index >= 15 is 0 Å². The lowest BCUT2D eigenvalue weighted by atomic mass is 10.0. The molecule has 0 aliphatic rings. The molecule has 148 valence electrons. The zero-order chi connectivity index (χ0) is 20.3. The quantitative estimate of drug-likeness (QED) is 0.286. The van der Waals surface area contributed by atoms with Crippen molar-refractivity contribution in [3.8, 4) is 0 Å². The Hall–Kier alpha value is -0.570. The molecule has 0 radical (unpaired) electrons. The van der Waals surface area contributed by atoms with Gasteiger partial charge in [-0.2, -0.15) is 26.3 Å². The molecule has 12 heteroatoms. The lowest BCUT2D eigenvalue weighted by Crippen LogP contribution is -2.24. The molecule has 26 heavy (non-hydrogen) atoms. The van der Waals surface area contributed by atoms with Gasteiger partial charge in [-0.05, 0) is 23.8 Å². The summed E-state index contributed by atoms with van der Waals surface area (Å²) in [6, 6.07) is 0.871. The molecule has 0 saturated carbocycles. The van der Waals surface area contributed by atoms with E-state index in [9.17, 15) is 31.1 Å². The summed E-state index contributed by atoms with van der Waals surface area (Å²) in [4.78, 5) is 11.9. The van der Waals surface area contributed by atoms with Crippen LogP contribution >= 0.6 is 46.4 Å². The third-order valence-corrected chi connectivity index (χ3v) is 3.86. The summed E-state index contributed by atoms with van der Waals surface area (Å²) < 4.78 is 79.5. The van der Waals surface area contributed by atoms with Gasteiger partial charge >= 0.3 is 18.3 Å². The first kappa shape index (κ1) is 23.5. The van der Waals surface area contributed by atoms with E-state index in [0.29, 0.717) is 12.1 Å². The third-order valence-electron chi connectivity index (χ3n) is 3.03. The topological polar surface area (TPSA) is 26.3 Å². The predicted molar refractivity (Wildman–Crippen MR) is 85.4 cm³/mol. The van der Waals surface area contributed by atoms with Crippen molar-refractivity contribution in [3.63, 3.8) is 0 Å². The average molecular weight is 466 g/mol. The maximum Gasteiger partial charge on any atom is 0.416 e. The fourth-order valence-electron chi connectivity index (χ4n) is 1.86. The minimum atomic E-state index is -5.01.